The maximum Gasteiger partial charge on any atom is 0.311 e. The van der Waals surface area contributed by atoms with Crippen LogP contribution in [0.5, 0.6) is 0 Å². The van der Waals surface area contributed by atoms with Crippen molar-refractivity contribution in [3.63, 3.8) is 0 Å². The van der Waals surface area contributed by atoms with Crippen LogP contribution >= 0.6 is 0 Å². The van der Waals surface area contributed by atoms with Gasteiger partial charge in [-0.1, -0.05) is 13.8 Å². The molecule has 3 N–H and O–H groups in total. The molecule has 6 heteroatoms. The number of likely N-dealkylation sites (N-methyl/N-ethyl adjacent to an activating group) is 1. The summed E-state index contributed by atoms with van der Waals surface area (Å²) in [5.74, 6) is -0.973. The summed E-state index contributed by atoms with van der Waals surface area (Å²) in [5, 5.41) is 2.51. The van der Waals surface area contributed by atoms with Crippen molar-refractivity contribution in [1.29, 1.82) is 0 Å². The largest absolute Gasteiger partial charge is 0.347 e. The number of amides is 2. The summed E-state index contributed by atoms with van der Waals surface area (Å²) in [5.41, 5.74) is 5.28. The zero-order valence-corrected chi connectivity index (χ0v) is 11.3. The monoisotopic (exact) mass is 256 g/mol. The Hall–Kier alpha value is -1.14. The molecule has 0 aromatic rings. The molecule has 1 fully saturated rings. The van der Waals surface area contributed by atoms with Gasteiger partial charge in [0.2, 0.25) is 0 Å². The van der Waals surface area contributed by atoms with Gasteiger partial charge in [-0.25, -0.2) is 0 Å². The second kappa shape index (κ2) is 7.33. The second-order valence-electron chi connectivity index (χ2n) is 4.46. The molecule has 1 saturated heterocycles. The van der Waals surface area contributed by atoms with Crippen LogP contribution in [0.25, 0.3) is 0 Å². The Morgan fingerprint density at radius 3 is 2.61 bits per heavy atom. The molecule has 1 heterocycles. The second-order valence-corrected chi connectivity index (χ2v) is 4.46. The predicted octanol–water partition coefficient (Wildman–Crippen LogP) is -0.996. The first-order chi connectivity index (χ1) is 8.63. The summed E-state index contributed by atoms with van der Waals surface area (Å²) in [6, 6.07) is 0.381. The molecule has 104 valence electrons. The van der Waals surface area contributed by atoms with E-state index < -0.39 is 11.8 Å². The minimum Gasteiger partial charge on any atom is -0.347 e. The van der Waals surface area contributed by atoms with Crippen molar-refractivity contribution < 1.29 is 9.59 Å². The topological polar surface area (TPSA) is 78.7 Å². The molecular weight excluding hydrogens is 232 g/mol. The van der Waals surface area contributed by atoms with Crippen molar-refractivity contribution in [3.8, 4) is 0 Å². The molecule has 0 aromatic carbocycles. The van der Waals surface area contributed by atoms with E-state index in [0.717, 1.165) is 19.5 Å². The maximum absolute atomic E-state index is 11.9. The lowest BCUT2D eigenvalue weighted by Crippen LogP contribution is -2.45. The van der Waals surface area contributed by atoms with Crippen LogP contribution in [0.3, 0.4) is 0 Å². The molecule has 0 aliphatic carbocycles. The Balaban J connectivity index is 2.45. The van der Waals surface area contributed by atoms with Gasteiger partial charge in [0.05, 0.1) is 0 Å². The number of carbonyl (C=O) groups is 2. The summed E-state index contributed by atoms with van der Waals surface area (Å²) in [4.78, 5) is 27.3. The maximum atomic E-state index is 11.9. The minimum atomic E-state index is -0.541. The van der Waals surface area contributed by atoms with Gasteiger partial charge in [-0.2, -0.15) is 0 Å². The molecule has 1 aliphatic heterocycles. The molecule has 0 bridgehead atoms. The highest BCUT2D eigenvalue weighted by atomic mass is 16.2. The fraction of sp³-hybridized carbons (Fsp3) is 0.833. The summed E-state index contributed by atoms with van der Waals surface area (Å²) in [6.07, 6.45) is 0.942. The number of nitrogens with two attached hydrogens (primary N) is 1. The van der Waals surface area contributed by atoms with E-state index in [-0.39, 0.29) is 0 Å². The van der Waals surface area contributed by atoms with E-state index in [9.17, 15) is 9.59 Å². The molecular formula is C12H24N4O2. The summed E-state index contributed by atoms with van der Waals surface area (Å²) in [6.45, 7) is 8.18. The van der Waals surface area contributed by atoms with Gasteiger partial charge in [0, 0.05) is 32.2 Å². The zero-order valence-electron chi connectivity index (χ0n) is 11.3. The number of hydrogen-bond donors (Lipinski definition) is 2. The molecule has 1 aliphatic rings. The van der Waals surface area contributed by atoms with Crippen LogP contribution in [0, 0.1) is 0 Å². The van der Waals surface area contributed by atoms with E-state index in [1.807, 2.05) is 0 Å². The molecule has 2 amide bonds. The van der Waals surface area contributed by atoms with Gasteiger partial charge in [0.25, 0.3) is 0 Å². The number of carbonyl (C=O) groups excluding carboxylic acids is 2. The molecule has 6 nitrogen and oxygen atoms in total. The van der Waals surface area contributed by atoms with Gasteiger partial charge >= 0.3 is 11.8 Å². The van der Waals surface area contributed by atoms with E-state index in [2.05, 4.69) is 24.1 Å². The fourth-order valence-corrected chi connectivity index (χ4v) is 2.37. The number of hydrogen-bond acceptors (Lipinski definition) is 4. The molecule has 0 aromatic heterocycles. The highest BCUT2D eigenvalue weighted by Gasteiger charge is 2.31. The van der Waals surface area contributed by atoms with Gasteiger partial charge < -0.3 is 16.0 Å². The Bertz CT molecular complexity index is 292. The molecule has 1 unspecified atom stereocenters. The van der Waals surface area contributed by atoms with Crippen molar-refractivity contribution in [2.75, 3.05) is 39.3 Å². The number of nitrogens with zero attached hydrogens (tertiary/aromatic N) is 2. The third-order valence-electron chi connectivity index (χ3n) is 3.40. The van der Waals surface area contributed by atoms with Crippen LogP contribution in [-0.4, -0.2) is 66.9 Å². The van der Waals surface area contributed by atoms with Crippen LogP contribution in [0.2, 0.25) is 0 Å². The Morgan fingerprint density at radius 2 is 2.06 bits per heavy atom. The summed E-state index contributed by atoms with van der Waals surface area (Å²) < 4.78 is 0. The fourth-order valence-electron chi connectivity index (χ4n) is 2.37. The number of nitrogens with one attached hydrogen (secondary N) is 1. The third-order valence-corrected chi connectivity index (χ3v) is 3.40. The van der Waals surface area contributed by atoms with Gasteiger partial charge in [0.15, 0.2) is 0 Å². The van der Waals surface area contributed by atoms with Gasteiger partial charge in [0.1, 0.15) is 0 Å². The van der Waals surface area contributed by atoms with E-state index in [1.165, 1.54) is 0 Å². The van der Waals surface area contributed by atoms with Crippen molar-refractivity contribution in [1.82, 2.24) is 15.1 Å². The molecule has 0 spiro atoms. The molecule has 0 radical (unpaired) electrons. The summed E-state index contributed by atoms with van der Waals surface area (Å²) >= 11 is 0. The number of rotatable bonds is 5. The van der Waals surface area contributed by atoms with Crippen molar-refractivity contribution in [3.05, 3.63) is 0 Å². The minimum absolute atomic E-state index is 0.345. The summed E-state index contributed by atoms with van der Waals surface area (Å²) in [7, 11) is 0. The Labute approximate surface area is 108 Å². The normalized spacial score (nSPS) is 19.3. The third kappa shape index (κ3) is 3.68. The van der Waals surface area contributed by atoms with Gasteiger partial charge in [-0.15, -0.1) is 0 Å². The van der Waals surface area contributed by atoms with Crippen molar-refractivity contribution in [2.45, 2.75) is 26.3 Å². The van der Waals surface area contributed by atoms with E-state index in [0.29, 0.717) is 32.2 Å². The van der Waals surface area contributed by atoms with E-state index in [1.54, 1.807) is 4.90 Å². The van der Waals surface area contributed by atoms with Gasteiger partial charge in [-0.05, 0) is 19.5 Å². The lowest BCUT2D eigenvalue weighted by Gasteiger charge is -2.25. The zero-order chi connectivity index (χ0) is 13.5. The Kier molecular flexibility index (Phi) is 6.07. The Morgan fingerprint density at radius 1 is 1.39 bits per heavy atom. The van der Waals surface area contributed by atoms with E-state index >= 15 is 0 Å². The van der Waals surface area contributed by atoms with Crippen LogP contribution in [0.4, 0.5) is 0 Å². The first-order valence-corrected chi connectivity index (χ1v) is 6.65. The first kappa shape index (κ1) is 14.9. The van der Waals surface area contributed by atoms with Crippen LogP contribution in [-0.2, 0) is 9.59 Å². The highest BCUT2D eigenvalue weighted by Crippen LogP contribution is 2.15. The van der Waals surface area contributed by atoms with Gasteiger partial charge in [-0.3, -0.25) is 14.5 Å². The number of likely N-dealkylation sites (tertiary alicyclic amines) is 1. The van der Waals surface area contributed by atoms with Crippen molar-refractivity contribution in [2.24, 2.45) is 5.73 Å². The molecule has 1 atom stereocenters. The highest BCUT2D eigenvalue weighted by molar-refractivity contribution is 6.35. The average Bonchev–Trinajstić information content (AvgIpc) is 2.86. The lowest BCUT2D eigenvalue weighted by atomic mass is 10.2. The quantitative estimate of drug-likeness (QED) is 0.619. The standard InChI is InChI=1S/C12H24N4O2/c1-3-15(4-2)10-5-8-16(9-10)12(18)11(17)14-7-6-13/h10H,3-9,13H2,1-2H3,(H,14,17). The lowest BCUT2D eigenvalue weighted by molar-refractivity contribution is -0.145. The average molecular weight is 256 g/mol. The molecule has 1 rings (SSSR count). The van der Waals surface area contributed by atoms with Crippen LogP contribution in [0.15, 0.2) is 0 Å². The predicted molar refractivity (Wildman–Crippen MR) is 70.0 cm³/mol. The smallest absolute Gasteiger partial charge is 0.311 e. The first-order valence-electron chi connectivity index (χ1n) is 6.65. The van der Waals surface area contributed by atoms with Crippen LogP contribution in [0.1, 0.15) is 20.3 Å². The molecule has 18 heavy (non-hydrogen) atoms. The van der Waals surface area contributed by atoms with Crippen molar-refractivity contribution >= 4 is 11.8 Å². The van der Waals surface area contributed by atoms with Crippen LogP contribution < -0.4 is 11.1 Å². The van der Waals surface area contributed by atoms with E-state index in [4.69, 9.17) is 5.73 Å². The molecule has 0 saturated carbocycles. The SMILES string of the molecule is CCN(CC)C1CCN(C(=O)C(=O)NCCN)C1.